The van der Waals surface area contributed by atoms with E-state index in [4.69, 9.17) is 32.9 Å². The Bertz CT molecular complexity index is 2130. The van der Waals surface area contributed by atoms with Gasteiger partial charge >= 0.3 is 26.2 Å². The minimum Gasteiger partial charge on any atom is -0.462 e. The van der Waals surface area contributed by atoms with Crippen molar-refractivity contribution in [3.05, 3.63) is 127 Å². The number of esters is 2. The summed E-state index contributed by atoms with van der Waals surface area (Å²) in [6.07, 6.45) is -0.00826. The Morgan fingerprint density at radius 1 is 0.721 bits per heavy atom. The zero-order valence-corrected chi connectivity index (χ0v) is 34.3. The summed E-state index contributed by atoms with van der Waals surface area (Å²) < 4.78 is 38.9. The van der Waals surface area contributed by atoms with Crippen molar-refractivity contribution in [2.45, 2.75) is 73.2 Å². The molecule has 19 heteroatoms. The van der Waals surface area contributed by atoms with E-state index < -0.39 is 49.0 Å². The predicted molar refractivity (Wildman–Crippen MR) is 226 cm³/mol. The van der Waals surface area contributed by atoms with Crippen LogP contribution in [0.1, 0.15) is 98.6 Å². The van der Waals surface area contributed by atoms with Gasteiger partial charge in [-0.15, -0.1) is 0 Å². The van der Waals surface area contributed by atoms with Gasteiger partial charge in [0.15, 0.2) is 0 Å². The molecule has 4 aromatic carbocycles. The highest BCUT2D eigenvalue weighted by atomic mass is 16.7. The number of hydrogen-bond donors (Lipinski definition) is 1. The molecule has 6 rings (SSSR count). The second-order valence-corrected chi connectivity index (χ2v) is 14.1. The summed E-state index contributed by atoms with van der Waals surface area (Å²) in [5.74, 6) is 1.23. The van der Waals surface area contributed by atoms with Crippen molar-refractivity contribution in [1.29, 1.82) is 0 Å². The van der Waals surface area contributed by atoms with Gasteiger partial charge in [0.2, 0.25) is 13.1 Å². The Hall–Kier alpha value is -6.14. The normalized spacial score (nSPS) is 15.3. The second kappa shape index (κ2) is 21.9. The van der Waals surface area contributed by atoms with E-state index in [9.17, 15) is 39.6 Å². The van der Waals surface area contributed by atoms with Crippen molar-refractivity contribution in [3.63, 3.8) is 0 Å². The molecule has 1 saturated heterocycles. The lowest BCUT2D eigenvalue weighted by Gasteiger charge is -2.32. The van der Waals surface area contributed by atoms with Gasteiger partial charge in [0.1, 0.15) is 35.4 Å². The first-order valence-electron chi connectivity index (χ1n) is 19.0. The van der Waals surface area contributed by atoms with E-state index in [0.29, 0.717) is 69.4 Å². The number of benzene rings is 4. The first-order valence-corrected chi connectivity index (χ1v) is 19.0. The van der Waals surface area contributed by atoms with E-state index in [1.165, 1.54) is 6.92 Å². The van der Waals surface area contributed by atoms with Crippen LogP contribution in [-0.2, 0) is 23.4 Å². The fraction of sp³-hybridized carbons (Fsp3) is 0.357. The number of carbonyl (C=O) groups is 3. The molecule has 1 N–H and O–H groups in total. The zero-order chi connectivity index (χ0) is 44.2. The van der Waals surface area contributed by atoms with Gasteiger partial charge in [0.25, 0.3) is 0 Å². The summed E-state index contributed by atoms with van der Waals surface area (Å²) in [6.45, 7) is 13.1. The van der Waals surface area contributed by atoms with E-state index in [-0.39, 0.29) is 24.9 Å². The topological polar surface area (TPSA) is 222 Å². The second-order valence-electron chi connectivity index (χ2n) is 14.1. The molecule has 0 amide bonds. The molecule has 2 heterocycles. The van der Waals surface area contributed by atoms with Crippen LogP contribution in [0.5, 0.6) is 23.0 Å². The van der Waals surface area contributed by atoms with Crippen molar-refractivity contribution in [1.82, 2.24) is 0 Å². The quantitative estimate of drug-likeness (QED) is 0.0507. The third-order valence-corrected chi connectivity index (χ3v) is 9.43. The van der Waals surface area contributed by atoms with Gasteiger partial charge in [0.05, 0.1) is 35.5 Å². The first-order chi connectivity index (χ1) is 28.4. The van der Waals surface area contributed by atoms with Gasteiger partial charge in [-0.1, -0.05) is 13.5 Å². The van der Waals surface area contributed by atoms with Gasteiger partial charge in [0, 0.05) is 22.3 Å². The summed E-state index contributed by atoms with van der Waals surface area (Å²) in [6, 6.07) is 23.1. The van der Waals surface area contributed by atoms with Crippen molar-refractivity contribution < 1.29 is 62.2 Å². The van der Waals surface area contributed by atoms with Gasteiger partial charge in [-0.2, -0.15) is 0 Å². The molecule has 0 spiro atoms. The molecule has 17 nitrogen and oxygen atoms in total. The van der Waals surface area contributed by atoms with Crippen molar-refractivity contribution in [2.24, 2.45) is 0 Å². The molecule has 1 fully saturated rings. The maximum absolute atomic E-state index is 11.8. The fourth-order valence-electron chi connectivity index (χ4n) is 5.62. The number of carbonyl (C=O) groups excluding carboxylic acids is 3. The highest BCUT2D eigenvalue weighted by molar-refractivity contribution is 6.63. The lowest BCUT2D eigenvalue weighted by molar-refractivity contribution is -0.490. The predicted octanol–water partition coefficient (Wildman–Crippen LogP) is 6.38. The monoisotopic (exact) mass is 844 g/mol. The highest BCUT2D eigenvalue weighted by Crippen LogP contribution is 2.37. The number of aldehydes is 1. The maximum Gasteiger partial charge on any atom is 0.495 e. The minimum atomic E-state index is -1.23. The van der Waals surface area contributed by atoms with Crippen molar-refractivity contribution in [2.75, 3.05) is 26.3 Å². The molecular weight excluding hydrogens is 794 g/mol. The summed E-state index contributed by atoms with van der Waals surface area (Å²) in [5.41, 5.74) is 1.94. The van der Waals surface area contributed by atoms with E-state index >= 15 is 0 Å². The molecule has 0 radical (unpaired) electrons. The molecule has 2 aliphatic heterocycles. The van der Waals surface area contributed by atoms with Crippen molar-refractivity contribution >= 4 is 43.4 Å². The van der Waals surface area contributed by atoms with Crippen LogP contribution in [0.4, 0.5) is 0 Å². The van der Waals surface area contributed by atoms with Crippen LogP contribution in [0.25, 0.3) is 0 Å². The largest absolute Gasteiger partial charge is 0.495 e. The molecule has 1 unspecified atom stereocenters. The van der Waals surface area contributed by atoms with Crippen molar-refractivity contribution in [3.8, 4) is 23.0 Å². The first kappa shape index (κ1) is 49.2. The molecule has 2 aliphatic rings. The van der Waals surface area contributed by atoms with E-state index in [2.05, 4.69) is 0 Å². The number of nitrogens with zero attached hydrogens (tertiary/aromatic N) is 2. The van der Waals surface area contributed by atoms with Crippen LogP contribution in [0.15, 0.2) is 84.9 Å². The van der Waals surface area contributed by atoms with Crippen LogP contribution in [0, 0.1) is 20.2 Å². The number of ether oxygens (including phenoxy) is 4. The lowest BCUT2D eigenvalue weighted by Crippen LogP contribution is -2.41. The third-order valence-electron chi connectivity index (χ3n) is 9.43. The molecule has 4 aromatic rings. The molecule has 0 saturated carbocycles. The maximum atomic E-state index is 11.8. The van der Waals surface area contributed by atoms with Crippen LogP contribution < -0.4 is 20.4 Å². The summed E-state index contributed by atoms with van der Waals surface area (Å²) in [7, 11) is -1.90. The summed E-state index contributed by atoms with van der Waals surface area (Å²) in [5, 5.41) is 29.8. The van der Waals surface area contributed by atoms with Gasteiger partial charge < -0.3 is 37.9 Å². The number of nitro groups is 2. The molecule has 61 heavy (non-hydrogen) atoms. The summed E-state index contributed by atoms with van der Waals surface area (Å²) >= 11 is 0. The number of hydrogen-bond acceptors (Lipinski definition) is 15. The smallest absolute Gasteiger partial charge is 0.462 e. The molecular formula is C42H50B2N2O15. The molecule has 1 atom stereocenters. The fourth-order valence-corrected chi connectivity index (χ4v) is 5.62. The summed E-state index contributed by atoms with van der Waals surface area (Å²) in [4.78, 5) is 53.9. The Kier molecular flexibility index (Phi) is 17.7. The number of rotatable bonds is 13. The highest BCUT2D eigenvalue weighted by Gasteiger charge is 2.52. The van der Waals surface area contributed by atoms with Crippen LogP contribution in [-0.4, -0.2) is 84.8 Å². The lowest BCUT2D eigenvalue weighted by atomic mass is 9.76. The average molecular weight is 844 g/mol. The van der Waals surface area contributed by atoms with Gasteiger partial charge in [-0.05, 0) is 137 Å². The van der Waals surface area contributed by atoms with Crippen LogP contribution >= 0.6 is 0 Å². The van der Waals surface area contributed by atoms with E-state index in [0.717, 1.165) is 6.29 Å². The van der Waals surface area contributed by atoms with Crippen LogP contribution in [0.2, 0.25) is 0 Å². The minimum absolute atomic E-state index is 0. The molecule has 0 bridgehead atoms. The van der Waals surface area contributed by atoms with E-state index in [1.807, 2.05) is 27.7 Å². The Balaban J connectivity index is 0.000000290. The average Bonchev–Trinajstić information content (AvgIpc) is 3.63. The van der Waals surface area contributed by atoms with Crippen LogP contribution in [0.3, 0.4) is 0 Å². The van der Waals surface area contributed by atoms with Gasteiger partial charge in [-0.3, -0.25) is 25.0 Å². The van der Waals surface area contributed by atoms with E-state index in [1.54, 1.807) is 98.8 Å². The Labute approximate surface area is 354 Å². The zero-order valence-electron chi connectivity index (χ0n) is 34.3. The molecule has 0 aromatic heterocycles. The van der Waals surface area contributed by atoms with Gasteiger partial charge in [-0.25, -0.2) is 9.59 Å². The molecule has 324 valence electrons. The number of fused-ring (bicyclic) bond motifs is 1. The Morgan fingerprint density at radius 2 is 1.15 bits per heavy atom. The SMILES string of the molecule is C.CCOC(=O)c1ccc(Oc2ccc(C=O)c(B3OC(C)(C)C(C)(C)O3)c2)cc1.CCOC(=O)c1ccc(Oc2ccc3c(c2)B(O)OC3C[N+](=O)[O-])cc1.CC[N+](=O)[O-]. The Morgan fingerprint density at radius 3 is 1.56 bits per heavy atom. The molecule has 0 aliphatic carbocycles. The third kappa shape index (κ3) is 13.2. The standard InChI is InChI=1S/C22H25BO6.C17H16BNO7.C2H5NO2.CH4/c1-6-26-20(25)15-7-10-17(11-8-15)27-18-12-9-16(14-24)19(13-18)23-28-21(2,3)22(4,5)29-23;1-2-24-17(20)11-3-5-12(6-4-11)25-13-7-8-14-15(9-13)18(21)26-16(14)10-19(22)23;1-2-3(4)5;/h7-14H,6H2,1-5H3;3-9,16,21H,2,10H2,1H3;2H2,1H3;1H4.